The smallest absolute Gasteiger partial charge is 0.327 e. The number of carbonyl (C=O) groups excluding carboxylic acids is 1. The van der Waals surface area contributed by atoms with Crippen molar-refractivity contribution < 1.29 is 14.7 Å². The molecule has 1 N–H and O–H groups in total. The molecule has 0 saturated carbocycles. The van der Waals surface area contributed by atoms with Crippen molar-refractivity contribution >= 4 is 46.8 Å². The number of hydrogen-bond donors (Lipinski definition) is 1. The summed E-state index contributed by atoms with van der Waals surface area (Å²) < 4.78 is 0. The fourth-order valence-electron chi connectivity index (χ4n) is 2.03. The van der Waals surface area contributed by atoms with E-state index in [0.29, 0.717) is 22.3 Å². The molecule has 1 amide bonds. The SMILES string of the molecule is O=C(O)C1CSCCN1C(=O)Cc1ccc(Cl)c(Cl)c1. The van der Waals surface area contributed by atoms with Gasteiger partial charge in [-0.05, 0) is 17.7 Å². The predicted molar refractivity (Wildman–Crippen MR) is 80.6 cm³/mol. The van der Waals surface area contributed by atoms with E-state index < -0.39 is 12.0 Å². The first-order valence-corrected chi connectivity index (χ1v) is 7.94. The maximum atomic E-state index is 12.3. The van der Waals surface area contributed by atoms with Gasteiger partial charge in [0.25, 0.3) is 0 Å². The van der Waals surface area contributed by atoms with E-state index in [1.54, 1.807) is 30.0 Å². The Kier molecular flexibility index (Phi) is 5.18. The minimum absolute atomic E-state index is 0.130. The second-order valence-corrected chi connectivity index (χ2v) is 6.41. The minimum Gasteiger partial charge on any atom is -0.480 e. The Hall–Kier alpha value is -0.910. The third-order valence-corrected chi connectivity index (χ3v) is 4.83. The van der Waals surface area contributed by atoms with Gasteiger partial charge in [0.1, 0.15) is 6.04 Å². The molecular weight excluding hydrogens is 321 g/mol. The summed E-state index contributed by atoms with van der Waals surface area (Å²) in [4.78, 5) is 24.9. The molecule has 2 rings (SSSR count). The Balaban J connectivity index is 2.09. The second-order valence-electron chi connectivity index (χ2n) is 4.44. The van der Waals surface area contributed by atoms with Gasteiger partial charge >= 0.3 is 5.97 Å². The van der Waals surface area contributed by atoms with E-state index >= 15 is 0 Å². The van der Waals surface area contributed by atoms with E-state index in [2.05, 4.69) is 0 Å². The molecule has 108 valence electrons. The number of carbonyl (C=O) groups is 2. The Labute approximate surface area is 131 Å². The van der Waals surface area contributed by atoms with Crippen LogP contribution in [0.4, 0.5) is 0 Å². The third-order valence-electron chi connectivity index (χ3n) is 3.07. The number of hydrogen-bond acceptors (Lipinski definition) is 3. The first-order valence-electron chi connectivity index (χ1n) is 6.03. The third kappa shape index (κ3) is 3.59. The van der Waals surface area contributed by atoms with Crippen LogP contribution in [-0.4, -0.2) is 46.0 Å². The van der Waals surface area contributed by atoms with Crippen molar-refractivity contribution in [1.29, 1.82) is 0 Å². The predicted octanol–water partition coefficient (Wildman–Crippen LogP) is 2.56. The highest BCUT2D eigenvalue weighted by Gasteiger charge is 2.32. The molecule has 1 aliphatic heterocycles. The summed E-state index contributed by atoms with van der Waals surface area (Å²) in [6.45, 7) is 0.460. The van der Waals surface area contributed by atoms with Crippen LogP contribution in [0.5, 0.6) is 0 Å². The number of aliphatic carboxylic acids is 1. The zero-order valence-corrected chi connectivity index (χ0v) is 12.8. The number of thioether (sulfide) groups is 1. The Morgan fingerprint density at radius 1 is 1.35 bits per heavy atom. The molecular formula is C13H13Cl2NO3S. The lowest BCUT2D eigenvalue weighted by Gasteiger charge is -2.32. The van der Waals surface area contributed by atoms with Crippen LogP contribution in [0.1, 0.15) is 5.56 Å². The molecule has 7 heteroatoms. The standard InChI is InChI=1S/C13H13Cl2NO3S/c14-9-2-1-8(5-10(9)15)6-12(17)16-3-4-20-7-11(16)13(18)19/h1-2,5,11H,3-4,6-7H2,(H,18,19). The molecule has 1 atom stereocenters. The summed E-state index contributed by atoms with van der Waals surface area (Å²) >= 11 is 13.3. The van der Waals surface area contributed by atoms with E-state index in [9.17, 15) is 9.59 Å². The second kappa shape index (κ2) is 6.70. The summed E-state index contributed by atoms with van der Waals surface area (Å²) in [7, 11) is 0. The van der Waals surface area contributed by atoms with Crippen LogP contribution in [-0.2, 0) is 16.0 Å². The molecule has 0 bridgehead atoms. The summed E-state index contributed by atoms with van der Waals surface area (Å²) in [5.74, 6) is 0.0371. The monoisotopic (exact) mass is 333 g/mol. The minimum atomic E-state index is -0.959. The number of nitrogens with zero attached hydrogens (tertiary/aromatic N) is 1. The van der Waals surface area contributed by atoms with Crippen LogP contribution >= 0.6 is 35.0 Å². The van der Waals surface area contributed by atoms with Crippen molar-refractivity contribution in [2.45, 2.75) is 12.5 Å². The van der Waals surface area contributed by atoms with Gasteiger partial charge in [-0.25, -0.2) is 4.79 Å². The largest absolute Gasteiger partial charge is 0.480 e. The van der Waals surface area contributed by atoms with E-state index in [-0.39, 0.29) is 12.3 Å². The Morgan fingerprint density at radius 2 is 2.10 bits per heavy atom. The quantitative estimate of drug-likeness (QED) is 0.923. The molecule has 1 aromatic carbocycles. The van der Waals surface area contributed by atoms with Crippen LogP contribution in [0.3, 0.4) is 0 Å². The van der Waals surface area contributed by atoms with Crippen LogP contribution in [0.15, 0.2) is 18.2 Å². The van der Waals surface area contributed by atoms with Crippen LogP contribution in [0.25, 0.3) is 0 Å². The van der Waals surface area contributed by atoms with Crippen LogP contribution in [0, 0.1) is 0 Å². The fraction of sp³-hybridized carbons (Fsp3) is 0.385. The Morgan fingerprint density at radius 3 is 2.75 bits per heavy atom. The molecule has 1 aliphatic rings. The van der Waals surface area contributed by atoms with Gasteiger partial charge in [0, 0.05) is 18.1 Å². The van der Waals surface area contributed by atoms with Gasteiger partial charge in [-0.2, -0.15) is 11.8 Å². The summed E-state index contributed by atoms with van der Waals surface area (Å²) in [5, 5.41) is 9.98. The molecule has 20 heavy (non-hydrogen) atoms. The molecule has 1 aromatic rings. The molecule has 4 nitrogen and oxygen atoms in total. The van der Waals surface area contributed by atoms with Crippen molar-refractivity contribution in [3.05, 3.63) is 33.8 Å². The number of carboxylic acids is 1. The lowest BCUT2D eigenvalue weighted by Crippen LogP contribution is -2.50. The zero-order valence-electron chi connectivity index (χ0n) is 10.5. The first-order chi connectivity index (χ1) is 9.49. The molecule has 0 radical (unpaired) electrons. The molecule has 1 fully saturated rings. The first kappa shape index (κ1) is 15.5. The average molecular weight is 334 g/mol. The van der Waals surface area contributed by atoms with Gasteiger partial charge in [0.15, 0.2) is 0 Å². The molecule has 1 unspecified atom stereocenters. The number of benzene rings is 1. The topological polar surface area (TPSA) is 57.6 Å². The fourth-order valence-corrected chi connectivity index (χ4v) is 3.39. The van der Waals surface area contributed by atoms with Gasteiger partial charge < -0.3 is 10.0 Å². The van der Waals surface area contributed by atoms with Gasteiger partial charge in [-0.1, -0.05) is 29.3 Å². The zero-order chi connectivity index (χ0) is 14.7. The molecule has 0 spiro atoms. The molecule has 0 aliphatic carbocycles. The van der Waals surface area contributed by atoms with Gasteiger partial charge in [0.05, 0.1) is 16.5 Å². The molecule has 0 aromatic heterocycles. The Bertz CT molecular complexity index is 538. The molecule has 1 heterocycles. The molecule has 1 saturated heterocycles. The normalized spacial score (nSPS) is 18.9. The highest BCUT2D eigenvalue weighted by atomic mass is 35.5. The van der Waals surface area contributed by atoms with Crippen molar-refractivity contribution in [2.75, 3.05) is 18.1 Å². The van der Waals surface area contributed by atoms with Crippen molar-refractivity contribution in [2.24, 2.45) is 0 Å². The summed E-state index contributed by atoms with van der Waals surface area (Å²) in [5.41, 5.74) is 0.728. The van der Waals surface area contributed by atoms with Crippen LogP contribution in [0.2, 0.25) is 10.0 Å². The highest BCUT2D eigenvalue weighted by Crippen LogP contribution is 2.24. The van der Waals surface area contributed by atoms with Gasteiger partial charge in [-0.3, -0.25) is 4.79 Å². The van der Waals surface area contributed by atoms with Gasteiger partial charge in [-0.15, -0.1) is 0 Å². The van der Waals surface area contributed by atoms with Crippen molar-refractivity contribution in [1.82, 2.24) is 4.90 Å². The maximum absolute atomic E-state index is 12.3. The number of carboxylic acid groups (broad SMARTS) is 1. The summed E-state index contributed by atoms with van der Waals surface area (Å²) in [6, 6.07) is 4.24. The van der Waals surface area contributed by atoms with Crippen molar-refractivity contribution in [3.63, 3.8) is 0 Å². The van der Waals surface area contributed by atoms with Crippen LogP contribution < -0.4 is 0 Å². The number of rotatable bonds is 3. The lowest BCUT2D eigenvalue weighted by atomic mass is 10.1. The number of halogens is 2. The summed E-state index contributed by atoms with van der Waals surface area (Å²) in [6.07, 6.45) is 0.130. The van der Waals surface area contributed by atoms with E-state index in [1.165, 1.54) is 4.90 Å². The highest BCUT2D eigenvalue weighted by molar-refractivity contribution is 7.99. The average Bonchev–Trinajstić information content (AvgIpc) is 2.43. The lowest BCUT2D eigenvalue weighted by molar-refractivity contribution is -0.148. The van der Waals surface area contributed by atoms with E-state index in [1.807, 2.05) is 0 Å². The van der Waals surface area contributed by atoms with Gasteiger partial charge in [0.2, 0.25) is 5.91 Å². The van der Waals surface area contributed by atoms with E-state index in [0.717, 1.165) is 11.3 Å². The number of amides is 1. The van der Waals surface area contributed by atoms with Crippen molar-refractivity contribution in [3.8, 4) is 0 Å². The maximum Gasteiger partial charge on any atom is 0.327 e. The van der Waals surface area contributed by atoms with E-state index in [4.69, 9.17) is 28.3 Å².